The SMILES string of the molecule is CCNC(CSCCN(C)C)c1cc2ccccc2o1. The summed E-state index contributed by atoms with van der Waals surface area (Å²) in [6.07, 6.45) is 0. The van der Waals surface area contributed by atoms with Crippen LogP contribution in [0.5, 0.6) is 0 Å². The molecule has 0 amide bonds. The quantitative estimate of drug-likeness (QED) is 0.755. The highest BCUT2D eigenvalue weighted by Crippen LogP contribution is 2.26. The third-order valence-electron chi connectivity index (χ3n) is 3.21. The average molecular weight is 292 g/mol. The van der Waals surface area contributed by atoms with Gasteiger partial charge in [-0.05, 0) is 32.8 Å². The van der Waals surface area contributed by atoms with E-state index < -0.39 is 0 Å². The Morgan fingerprint density at radius 2 is 2.10 bits per heavy atom. The highest BCUT2D eigenvalue weighted by Gasteiger charge is 2.15. The maximum absolute atomic E-state index is 5.97. The standard InChI is InChI=1S/C16H24N2OS/c1-4-17-14(12-20-10-9-18(2)3)16-11-13-7-5-6-8-15(13)19-16/h5-8,11,14,17H,4,9-10,12H2,1-3H3. The molecule has 110 valence electrons. The van der Waals surface area contributed by atoms with Crippen LogP contribution in [0.2, 0.25) is 0 Å². The van der Waals surface area contributed by atoms with Crippen molar-refractivity contribution in [3.05, 3.63) is 36.1 Å². The summed E-state index contributed by atoms with van der Waals surface area (Å²) in [4.78, 5) is 2.22. The first-order chi connectivity index (χ1) is 9.70. The highest BCUT2D eigenvalue weighted by molar-refractivity contribution is 7.99. The van der Waals surface area contributed by atoms with Crippen LogP contribution < -0.4 is 5.32 Å². The molecule has 0 radical (unpaired) electrons. The van der Waals surface area contributed by atoms with Crippen LogP contribution in [0.4, 0.5) is 0 Å². The fourth-order valence-electron chi connectivity index (χ4n) is 2.11. The Labute approximate surface area is 125 Å². The fraction of sp³-hybridized carbons (Fsp3) is 0.500. The summed E-state index contributed by atoms with van der Waals surface area (Å²) >= 11 is 1.97. The zero-order valence-corrected chi connectivity index (χ0v) is 13.4. The van der Waals surface area contributed by atoms with Crippen LogP contribution in [0, 0.1) is 0 Å². The zero-order valence-electron chi connectivity index (χ0n) is 12.6. The molecule has 0 fully saturated rings. The minimum Gasteiger partial charge on any atom is -0.459 e. The summed E-state index contributed by atoms with van der Waals surface area (Å²) in [6.45, 7) is 4.21. The molecular weight excluding hydrogens is 268 g/mol. The molecule has 1 heterocycles. The van der Waals surface area contributed by atoms with E-state index in [0.29, 0.717) is 6.04 Å². The first-order valence-corrected chi connectivity index (χ1v) is 8.30. The molecule has 1 aromatic heterocycles. The number of benzene rings is 1. The first-order valence-electron chi connectivity index (χ1n) is 7.15. The second-order valence-corrected chi connectivity index (χ2v) is 6.32. The lowest BCUT2D eigenvalue weighted by atomic mass is 10.2. The van der Waals surface area contributed by atoms with Gasteiger partial charge in [-0.25, -0.2) is 0 Å². The van der Waals surface area contributed by atoms with Crippen molar-refractivity contribution in [2.24, 2.45) is 0 Å². The molecule has 3 nitrogen and oxygen atoms in total. The van der Waals surface area contributed by atoms with E-state index in [2.05, 4.69) is 49.4 Å². The number of hydrogen-bond donors (Lipinski definition) is 1. The van der Waals surface area contributed by atoms with Gasteiger partial charge in [0.05, 0.1) is 6.04 Å². The fourth-order valence-corrected chi connectivity index (χ4v) is 3.29. The molecule has 2 aromatic rings. The molecule has 0 spiro atoms. The van der Waals surface area contributed by atoms with E-state index in [-0.39, 0.29) is 0 Å². The summed E-state index contributed by atoms with van der Waals surface area (Å²) in [7, 11) is 4.23. The van der Waals surface area contributed by atoms with Crippen molar-refractivity contribution in [3.8, 4) is 0 Å². The largest absolute Gasteiger partial charge is 0.459 e. The van der Waals surface area contributed by atoms with E-state index in [9.17, 15) is 0 Å². The van der Waals surface area contributed by atoms with Crippen molar-refractivity contribution in [2.75, 3.05) is 38.7 Å². The van der Waals surface area contributed by atoms with Crippen LogP contribution in [0.1, 0.15) is 18.7 Å². The van der Waals surface area contributed by atoms with Crippen molar-refractivity contribution in [1.82, 2.24) is 10.2 Å². The smallest absolute Gasteiger partial charge is 0.134 e. The van der Waals surface area contributed by atoms with Gasteiger partial charge in [-0.15, -0.1) is 0 Å². The number of fused-ring (bicyclic) bond motifs is 1. The second kappa shape index (κ2) is 7.72. The molecule has 1 N–H and O–H groups in total. The van der Waals surface area contributed by atoms with Gasteiger partial charge < -0.3 is 14.6 Å². The predicted octanol–water partition coefficient (Wildman–Crippen LogP) is 3.38. The third-order valence-corrected chi connectivity index (χ3v) is 4.25. The molecule has 0 aliphatic carbocycles. The number of furan rings is 1. The van der Waals surface area contributed by atoms with E-state index in [1.165, 1.54) is 5.39 Å². The van der Waals surface area contributed by atoms with Crippen LogP contribution in [-0.4, -0.2) is 43.6 Å². The average Bonchev–Trinajstić information content (AvgIpc) is 2.85. The minimum absolute atomic E-state index is 0.291. The molecule has 0 aliphatic rings. The monoisotopic (exact) mass is 292 g/mol. The van der Waals surface area contributed by atoms with E-state index >= 15 is 0 Å². The molecule has 2 rings (SSSR count). The van der Waals surface area contributed by atoms with E-state index in [1.54, 1.807) is 0 Å². The van der Waals surface area contributed by atoms with Crippen LogP contribution in [0.25, 0.3) is 11.0 Å². The number of thioether (sulfide) groups is 1. The maximum Gasteiger partial charge on any atom is 0.134 e. The van der Waals surface area contributed by atoms with Crippen LogP contribution in [-0.2, 0) is 0 Å². The van der Waals surface area contributed by atoms with Gasteiger partial charge in [0.1, 0.15) is 11.3 Å². The maximum atomic E-state index is 5.97. The zero-order chi connectivity index (χ0) is 14.4. The molecule has 0 saturated carbocycles. The Hall–Kier alpha value is -0.970. The molecule has 0 aliphatic heterocycles. The molecule has 20 heavy (non-hydrogen) atoms. The Bertz CT molecular complexity index is 491. The van der Waals surface area contributed by atoms with Gasteiger partial charge in [-0.1, -0.05) is 25.1 Å². The topological polar surface area (TPSA) is 28.4 Å². The molecular formula is C16H24N2OS. The molecule has 0 bridgehead atoms. The summed E-state index contributed by atoms with van der Waals surface area (Å²) in [5, 5.41) is 4.70. The summed E-state index contributed by atoms with van der Waals surface area (Å²) in [6, 6.07) is 10.7. The third kappa shape index (κ3) is 4.27. The molecule has 4 heteroatoms. The predicted molar refractivity (Wildman–Crippen MR) is 88.5 cm³/mol. The number of nitrogens with one attached hydrogen (secondary N) is 1. The van der Waals surface area contributed by atoms with E-state index in [0.717, 1.165) is 35.9 Å². The van der Waals surface area contributed by atoms with Gasteiger partial charge in [0.15, 0.2) is 0 Å². The van der Waals surface area contributed by atoms with Crippen molar-refractivity contribution in [3.63, 3.8) is 0 Å². The van der Waals surface area contributed by atoms with Crippen LogP contribution in [0.3, 0.4) is 0 Å². The van der Waals surface area contributed by atoms with Crippen molar-refractivity contribution < 1.29 is 4.42 Å². The summed E-state index contributed by atoms with van der Waals surface area (Å²) in [5.74, 6) is 3.24. The lowest BCUT2D eigenvalue weighted by Gasteiger charge is -2.16. The molecule has 0 saturated heterocycles. The molecule has 1 aromatic carbocycles. The Balaban J connectivity index is 1.99. The van der Waals surface area contributed by atoms with Gasteiger partial charge in [-0.2, -0.15) is 11.8 Å². The molecule has 1 atom stereocenters. The van der Waals surface area contributed by atoms with Gasteiger partial charge in [0.2, 0.25) is 0 Å². The first kappa shape index (κ1) is 15.4. The van der Waals surface area contributed by atoms with Gasteiger partial charge >= 0.3 is 0 Å². The van der Waals surface area contributed by atoms with Crippen molar-refractivity contribution >= 4 is 22.7 Å². The Morgan fingerprint density at radius 3 is 2.80 bits per heavy atom. The summed E-state index contributed by atoms with van der Waals surface area (Å²) in [5.41, 5.74) is 0.976. The number of nitrogens with zero attached hydrogens (tertiary/aromatic N) is 1. The van der Waals surface area contributed by atoms with Gasteiger partial charge in [0.25, 0.3) is 0 Å². The van der Waals surface area contributed by atoms with Crippen molar-refractivity contribution in [1.29, 1.82) is 0 Å². The van der Waals surface area contributed by atoms with Gasteiger partial charge in [0, 0.05) is 23.4 Å². The highest BCUT2D eigenvalue weighted by atomic mass is 32.2. The summed E-state index contributed by atoms with van der Waals surface area (Å²) < 4.78 is 5.97. The van der Waals surface area contributed by atoms with Crippen LogP contribution in [0.15, 0.2) is 34.7 Å². The normalized spacial score (nSPS) is 13.2. The Morgan fingerprint density at radius 1 is 1.30 bits per heavy atom. The number of para-hydroxylation sites is 1. The number of hydrogen-bond acceptors (Lipinski definition) is 4. The van der Waals surface area contributed by atoms with Crippen LogP contribution >= 0.6 is 11.8 Å². The lowest BCUT2D eigenvalue weighted by Crippen LogP contribution is -2.23. The second-order valence-electron chi connectivity index (χ2n) is 5.18. The Kier molecular flexibility index (Phi) is 5.95. The van der Waals surface area contributed by atoms with E-state index in [1.807, 2.05) is 23.9 Å². The molecule has 1 unspecified atom stereocenters. The minimum atomic E-state index is 0.291. The van der Waals surface area contributed by atoms with Gasteiger partial charge in [-0.3, -0.25) is 0 Å². The van der Waals surface area contributed by atoms with E-state index in [4.69, 9.17) is 4.42 Å². The lowest BCUT2D eigenvalue weighted by molar-refractivity contribution is 0.436. The number of rotatable bonds is 8. The van der Waals surface area contributed by atoms with Crippen molar-refractivity contribution in [2.45, 2.75) is 13.0 Å².